The maximum Gasteiger partial charge on any atom is 0.305 e. The van der Waals surface area contributed by atoms with Gasteiger partial charge in [-0.15, -0.1) is 0 Å². The van der Waals surface area contributed by atoms with Crippen molar-refractivity contribution >= 4 is 22.8 Å². The quantitative estimate of drug-likeness (QED) is 0.546. The summed E-state index contributed by atoms with van der Waals surface area (Å²) >= 11 is 0. The van der Waals surface area contributed by atoms with E-state index in [1.54, 1.807) is 11.5 Å². The maximum absolute atomic E-state index is 13.6. The predicted octanol–water partition coefficient (Wildman–Crippen LogP) is 3.40. The molecule has 8 nitrogen and oxygen atoms in total. The van der Waals surface area contributed by atoms with Gasteiger partial charge in [-0.25, -0.2) is 4.98 Å². The van der Waals surface area contributed by atoms with Crippen LogP contribution in [0.25, 0.3) is 22.0 Å². The van der Waals surface area contributed by atoms with Gasteiger partial charge in [0.05, 0.1) is 23.7 Å². The molecule has 0 aliphatic heterocycles. The lowest BCUT2D eigenvalue weighted by molar-refractivity contribution is -0.136. The molecule has 0 radical (unpaired) electrons. The van der Waals surface area contributed by atoms with Crippen LogP contribution in [0.1, 0.15) is 54.2 Å². The molecule has 1 amide bonds. The van der Waals surface area contributed by atoms with E-state index >= 15 is 0 Å². The Morgan fingerprint density at radius 1 is 1.19 bits per heavy atom. The highest BCUT2D eigenvalue weighted by atomic mass is 16.4. The van der Waals surface area contributed by atoms with E-state index in [0.717, 1.165) is 31.2 Å². The van der Waals surface area contributed by atoms with E-state index < -0.39 is 11.9 Å². The van der Waals surface area contributed by atoms with E-state index in [4.69, 9.17) is 5.11 Å². The molecule has 0 atom stereocenters. The van der Waals surface area contributed by atoms with Gasteiger partial charge in [0.15, 0.2) is 11.4 Å². The molecule has 8 heteroatoms. The molecule has 1 aromatic carbocycles. The molecule has 3 N–H and O–H groups in total. The zero-order valence-electron chi connectivity index (χ0n) is 17.8. The lowest BCUT2D eigenvalue weighted by atomic mass is 9.97. The lowest BCUT2D eigenvalue weighted by Gasteiger charge is -2.21. The number of carbonyl (C=O) groups excluding carboxylic acids is 1. The molecule has 3 aromatic rings. The molecule has 2 aromatic heterocycles. The average Bonchev–Trinajstić information content (AvgIpc) is 3.28. The van der Waals surface area contributed by atoms with E-state index in [1.807, 2.05) is 30.3 Å². The van der Waals surface area contributed by atoms with E-state index in [9.17, 15) is 19.5 Å². The molecule has 1 saturated carbocycles. The molecule has 1 fully saturated rings. The number of hydrogen-bond acceptors (Lipinski definition) is 5. The highest BCUT2D eigenvalue weighted by molar-refractivity contribution is 6.03. The van der Waals surface area contributed by atoms with Gasteiger partial charge >= 0.3 is 5.97 Å². The Bertz CT molecular complexity index is 1240. The normalized spacial score (nSPS) is 14.0. The van der Waals surface area contributed by atoms with Crippen molar-refractivity contribution in [1.29, 1.82) is 0 Å². The van der Waals surface area contributed by atoms with Crippen LogP contribution >= 0.6 is 0 Å². The first-order chi connectivity index (χ1) is 15.4. The molecular formula is C24H25N3O5. The van der Waals surface area contributed by atoms with Crippen molar-refractivity contribution in [3.8, 4) is 16.9 Å². The van der Waals surface area contributed by atoms with Gasteiger partial charge < -0.3 is 20.1 Å². The Hall–Kier alpha value is -3.68. The molecule has 1 aliphatic rings. The number of pyridine rings is 2. The number of aliphatic carboxylic acids is 1. The largest absolute Gasteiger partial charge is 0.505 e. The number of aromatic nitrogens is 2. The number of rotatable bonds is 6. The molecule has 0 saturated heterocycles. The Morgan fingerprint density at radius 2 is 1.88 bits per heavy atom. The number of carbonyl (C=O) groups is 2. The summed E-state index contributed by atoms with van der Waals surface area (Å²) in [5.41, 5.74) is 1.98. The third-order valence-corrected chi connectivity index (χ3v) is 6.07. The minimum Gasteiger partial charge on any atom is -0.505 e. The van der Waals surface area contributed by atoms with Gasteiger partial charge in [0.2, 0.25) is 0 Å². The maximum atomic E-state index is 13.6. The van der Waals surface area contributed by atoms with Crippen LogP contribution in [0, 0.1) is 6.92 Å². The van der Waals surface area contributed by atoms with Gasteiger partial charge in [-0.3, -0.25) is 14.4 Å². The molecule has 0 bridgehead atoms. The minimum absolute atomic E-state index is 0.00417. The molecule has 0 unspecified atom stereocenters. The van der Waals surface area contributed by atoms with Crippen LogP contribution in [0.4, 0.5) is 0 Å². The number of benzene rings is 1. The number of nitrogens with one attached hydrogen (secondary N) is 1. The minimum atomic E-state index is -1.04. The summed E-state index contributed by atoms with van der Waals surface area (Å²) in [4.78, 5) is 41.1. The molecule has 4 rings (SSSR count). The first-order valence-electron chi connectivity index (χ1n) is 10.7. The van der Waals surface area contributed by atoms with Gasteiger partial charge in [0.25, 0.3) is 11.5 Å². The Balaban J connectivity index is 1.93. The van der Waals surface area contributed by atoms with Crippen molar-refractivity contribution in [2.24, 2.45) is 0 Å². The van der Waals surface area contributed by atoms with E-state index in [-0.39, 0.29) is 36.0 Å². The van der Waals surface area contributed by atoms with Gasteiger partial charge in [0.1, 0.15) is 0 Å². The number of hydrogen-bond donors (Lipinski definition) is 3. The molecule has 166 valence electrons. The van der Waals surface area contributed by atoms with E-state index in [2.05, 4.69) is 10.3 Å². The van der Waals surface area contributed by atoms with Crippen LogP contribution in [0.2, 0.25) is 0 Å². The van der Waals surface area contributed by atoms with Gasteiger partial charge in [-0.1, -0.05) is 43.2 Å². The number of carboxylic acids is 1. The Labute approximate surface area is 184 Å². The van der Waals surface area contributed by atoms with Crippen molar-refractivity contribution < 1.29 is 19.8 Å². The van der Waals surface area contributed by atoms with E-state index in [1.165, 1.54) is 6.20 Å². The van der Waals surface area contributed by atoms with Crippen molar-refractivity contribution in [2.45, 2.75) is 45.1 Å². The van der Waals surface area contributed by atoms with Gasteiger partial charge in [0, 0.05) is 18.0 Å². The SMILES string of the molecule is Cc1c(-c2ccccc2)c(=O)n(C2CCCC2)c2cnc(C(=O)NCCC(=O)O)c(O)c12. The van der Waals surface area contributed by atoms with Crippen molar-refractivity contribution in [3.63, 3.8) is 0 Å². The third kappa shape index (κ3) is 3.84. The number of fused-ring (bicyclic) bond motifs is 1. The highest BCUT2D eigenvalue weighted by Crippen LogP contribution is 2.37. The highest BCUT2D eigenvalue weighted by Gasteiger charge is 2.27. The topological polar surface area (TPSA) is 122 Å². The van der Waals surface area contributed by atoms with Crippen LogP contribution in [-0.2, 0) is 4.79 Å². The number of amides is 1. The van der Waals surface area contributed by atoms with Crippen LogP contribution in [0.3, 0.4) is 0 Å². The summed E-state index contributed by atoms with van der Waals surface area (Å²) in [5, 5.41) is 22.7. The average molecular weight is 435 g/mol. The van der Waals surface area contributed by atoms with Crippen LogP contribution in [0.15, 0.2) is 41.3 Å². The molecule has 0 spiro atoms. The number of nitrogens with zero attached hydrogens (tertiary/aromatic N) is 2. The first kappa shape index (κ1) is 21.5. The summed E-state index contributed by atoms with van der Waals surface area (Å²) in [5.74, 6) is -2.01. The zero-order chi connectivity index (χ0) is 22.8. The number of aromatic hydroxyl groups is 1. The fourth-order valence-corrected chi connectivity index (χ4v) is 4.56. The summed E-state index contributed by atoms with van der Waals surface area (Å²) in [6, 6.07) is 9.29. The number of carboxylic acid groups (broad SMARTS) is 1. The molecule has 2 heterocycles. The molecule has 1 aliphatic carbocycles. The van der Waals surface area contributed by atoms with Crippen molar-refractivity contribution in [3.05, 3.63) is 58.1 Å². The molecular weight excluding hydrogens is 410 g/mol. The molecule has 32 heavy (non-hydrogen) atoms. The summed E-state index contributed by atoms with van der Waals surface area (Å²) in [6.07, 6.45) is 5.00. The van der Waals surface area contributed by atoms with E-state index in [0.29, 0.717) is 22.0 Å². The predicted molar refractivity (Wildman–Crippen MR) is 120 cm³/mol. The van der Waals surface area contributed by atoms with Crippen molar-refractivity contribution in [1.82, 2.24) is 14.9 Å². The monoisotopic (exact) mass is 435 g/mol. The van der Waals surface area contributed by atoms with Crippen LogP contribution in [0.5, 0.6) is 5.75 Å². The fourth-order valence-electron chi connectivity index (χ4n) is 4.56. The van der Waals surface area contributed by atoms with Crippen molar-refractivity contribution in [2.75, 3.05) is 6.54 Å². The van der Waals surface area contributed by atoms with Crippen LogP contribution < -0.4 is 10.9 Å². The van der Waals surface area contributed by atoms with Crippen LogP contribution in [-0.4, -0.2) is 38.2 Å². The smallest absolute Gasteiger partial charge is 0.305 e. The summed E-state index contributed by atoms with van der Waals surface area (Å²) < 4.78 is 1.72. The summed E-state index contributed by atoms with van der Waals surface area (Å²) in [7, 11) is 0. The Morgan fingerprint density at radius 3 is 2.53 bits per heavy atom. The van der Waals surface area contributed by atoms with Gasteiger partial charge in [-0.2, -0.15) is 0 Å². The Kier molecular flexibility index (Phi) is 5.94. The second-order valence-corrected chi connectivity index (χ2v) is 8.09. The zero-order valence-corrected chi connectivity index (χ0v) is 17.8. The number of aryl methyl sites for hydroxylation is 1. The first-order valence-corrected chi connectivity index (χ1v) is 10.7. The summed E-state index contributed by atoms with van der Waals surface area (Å²) in [6.45, 7) is 1.68. The van der Waals surface area contributed by atoms with Gasteiger partial charge in [-0.05, 0) is 30.9 Å². The second-order valence-electron chi connectivity index (χ2n) is 8.09. The lowest BCUT2D eigenvalue weighted by Crippen LogP contribution is -2.28. The second kappa shape index (κ2) is 8.82. The fraction of sp³-hybridized carbons (Fsp3) is 0.333. The third-order valence-electron chi connectivity index (χ3n) is 6.07. The standard InChI is InChI=1S/C24H25N3O5/c1-14-19(15-7-3-2-4-8-15)24(32)27(16-9-5-6-10-16)17-13-26-21(22(30)20(14)17)23(31)25-12-11-18(28)29/h2-4,7-8,13,16,30H,5-6,9-12H2,1H3,(H,25,31)(H,28,29).